The second-order valence-electron chi connectivity index (χ2n) is 3.96. The largest absolute Gasteiger partial charge is 0.335 e. The number of nitrogens with one attached hydrogen (secondary N) is 1. The number of rotatable bonds is 4. The Morgan fingerprint density at radius 3 is 2.67 bits per heavy atom. The van der Waals surface area contributed by atoms with Crippen molar-refractivity contribution >= 4 is 33.4 Å². The second-order valence-corrected chi connectivity index (χ2v) is 4.88. The third-order valence-corrected chi connectivity index (χ3v) is 2.94. The molecule has 0 spiro atoms. The molecule has 0 aromatic heterocycles. The normalized spacial score (nSPS) is 10.0. The van der Waals surface area contributed by atoms with Crippen LogP contribution >= 0.6 is 15.9 Å². The van der Waals surface area contributed by atoms with E-state index < -0.39 is 0 Å². The highest BCUT2D eigenvalue weighted by atomic mass is 79.9. The molecule has 0 radical (unpaired) electrons. The summed E-state index contributed by atoms with van der Waals surface area (Å²) in [6.45, 7) is 1.79. The number of nitrogens with two attached hydrogens (primary N) is 1. The van der Waals surface area contributed by atoms with E-state index in [2.05, 4.69) is 21.2 Å². The number of benzene rings is 1. The Morgan fingerprint density at radius 1 is 1.44 bits per heavy atom. The SMILES string of the molecule is Cc1cc(Br)ccc1NC(=O)CN(C)C(=O)CN. The number of hydrogen-bond donors (Lipinski definition) is 2. The van der Waals surface area contributed by atoms with Crippen LogP contribution in [0.1, 0.15) is 5.56 Å². The lowest BCUT2D eigenvalue weighted by Crippen LogP contribution is -2.38. The first-order valence-electron chi connectivity index (χ1n) is 5.44. The highest BCUT2D eigenvalue weighted by Crippen LogP contribution is 2.19. The molecule has 0 bridgehead atoms. The fourth-order valence-electron chi connectivity index (χ4n) is 1.42. The van der Waals surface area contributed by atoms with Gasteiger partial charge >= 0.3 is 0 Å². The zero-order valence-corrected chi connectivity index (χ0v) is 12.0. The van der Waals surface area contributed by atoms with Crippen LogP contribution in [0.2, 0.25) is 0 Å². The van der Waals surface area contributed by atoms with Crippen molar-refractivity contribution in [2.45, 2.75) is 6.92 Å². The molecule has 0 fully saturated rings. The van der Waals surface area contributed by atoms with Gasteiger partial charge in [-0.25, -0.2) is 0 Å². The summed E-state index contributed by atoms with van der Waals surface area (Å²) < 4.78 is 0.952. The van der Waals surface area contributed by atoms with Gasteiger partial charge in [-0.2, -0.15) is 0 Å². The first-order valence-corrected chi connectivity index (χ1v) is 6.23. The van der Waals surface area contributed by atoms with Crippen LogP contribution in [0.25, 0.3) is 0 Å². The lowest BCUT2D eigenvalue weighted by molar-refractivity contribution is -0.132. The Labute approximate surface area is 114 Å². The van der Waals surface area contributed by atoms with Crippen LogP contribution in [0.3, 0.4) is 0 Å². The predicted octanol–water partition coefficient (Wildman–Crippen LogP) is 1.11. The molecular formula is C12H16BrN3O2. The summed E-state index contributed by atoms with van der Waals surface area (Å²) in [4.78, 5) is 24.2. The number of carbonyl (C=O) groups excluding carboxylic acids is 2. The topological polar surface area (TPSA) is 75.4 Å². The summed E-state index contributed by atoms with van der Waals surface area (Å²) >= 11 is 3.35. The predicted molar refractivity (Wildman–Crippen MR) is 74.2 cm³/mol. The molecule has 1 aromatic carbocycles. The third kappa shape index (κ3) is 4.12. The summed E-state index contributed by atoms with van der Waals surface area (Å²) in [6.07, 6.45) is 0. The average Bonchev–Trinajstić information content (AvgIpc) is 2.31. The van der Waals surface area contributed by atoms with E-state index in [4.69, 9.17) is 5.73 Å². The average molecular weight is 314 g/mol. The van der Waals surface area contributed by atoms with Gasteiger partial charge in [0.2, 0.25) is 11.8 Å². The maximum absolute atomic E-state index is 11.7. The molecule has 1 aromatic rings. The van der Waals surface area contributed by atoms with Crippen molar-refractivity contribution in [3.05, 3.63) is 28.2 Å². The number of amides is 2. The van der Waals surface area contributed by atoms with Crippen molar-refractivity contribution in [2.75, 3.05) is 25.5 Å². The van der Waals surface area contributed by atoms with Crippen molar-refractivity contribution in [3.63, 3.8) is 0 Å². The summed E-state index contributed by atoms with van der Waals surface area (Å²) in [5.41, 5.74) is 6.90. The number of anilines is 1. The molecular weight excluding hydrogens is 298 g/mol. The summed E-state index contributed by atoms with van der Waals surface area (Å²) in [5.74, 6) is -0.512. The van der Waals surface area contributed by atoms with E-state index in [0.717, 1.165) is 15.7 Å². The molecule has 0 saturated heterocycles. The van der Waals surface area contributed by atoms with Crippen molar-refractivity contribution in [3.8, 4) is 0 Å². The van der Waals surface area contributed by atoms with E-state index in [1.54, 1.807) is 7.05 Å². The fourth-order valence-corrected chi connectivity index (χ4v) is 1.89. The summed E-state index contributed by atoms with van der Waals surface area (Å²) in [7, 11) is 1.54. The molecule has 3 N–H and O–H groups in total. The number of aryl methyl sites for hydroxylation is 1. The number of halogens is 1. The lowest BCUT2D eigenvalue weighted by Gasteiger charge is -2.16. The molecule has 0 aliphatic carbocycles. The Bertz CT molecular complexity index is 463. The molecule has 0 atom stereocenters. The van der Waals surface area contributed by atoms with Gasteiger partial charge in [0.1, 0.15) is 0 Å². The Morgan fingerprint density at radius 2 is 2.11 bits per heavy atom. The number of likely N-dealkylation sites (N-methyl/N-ethyl adjacent to an activating group) is 1. The van der Waals surface area contributed by atoms with Crippen LogP contribution in [-0.4, -0.2) is 36.9 Å². The standard InChI is InChI=1S/C12H16BrN3O2/c1-8-5-9(13)3-4-10(8)15-11(17)7-16(2)12(18)6-14/h3-5H,6-7,14H2,1-2H3,(H,15,17). The molecule has 98 valence electrons. The highest BCUT2D eigenvalue weighted by molar-refractivity contribution is 9.10. The van der Waals surface area contributed by atoms with Gasteiger partial charge in [-0.15, -0.1) is 0 Å². The smallest absolute Gasteiger partial charge is 0.243 e. The molecule has 0 saturated carbocycles. The van der Waals surface area contributed by atoms with E-state index in [-0.39, 0.29) is 24.9 Å². The first-order chi connectivity index (χ1) is 8.43. The van der Waals surface area contributed by atoms with Crippen LogP contribution in [0.5, 0.6) is 0 Å². The van der Waals surface area contributed by atoms with Crippen LogP contribution in [-0.2, 0) is 9.59 Å². The molecule has 0 unspecified atom stereocenters. The zero-order valence-electron chi connectivity index (χ0n) is 10.4. The Hall–Kier alpha value is -1.40. The molecule has 0 aliphatic rings. The van der Waals surface area contributed by atoms with Gasteiger partial charge in [-0.3, -0.25) is 9.59 Å². The van der Waals surface area contributed by atoms with E-state index in [9.17, 15) is 9.59 Å². The van der Waals surface area contributed by atoms with Crippen LogP contribution in [0.4, 0.5) is 5.69 Å². The highest BCUT2D eigenvalue weighted by Gasteiger charge is 2.12. The Balaban J connectivity index is 2.62. The molecule has 0 aliphatic heterocycles. The maximum Gasteiger partial charge on any atom is 0.243 e. The van der Waals surface area contributed by atoms with E-state index in [1.807, 2.05) is 25.1 Å². The minimum absolute atomic E-state index is 0.00840. The molecule has 5 nitrogen and oxygen atoms in total. The van der Waals surface area contributed by atoms with E-state index >= 15 is 0 Å². The van der Waals surface area contributed by atoms with Gasteiger partial charge in [0, 0.05) is 17.2 Å². The Kier molecular flexibility index (Phi) is 5.30. The summed E-state index contributed by atoms with van der Waals surface area (Å²) in [6, 6.07) is 5.56. The van der Waals surface area contributed by atoms with Crippen molar-refractivity contribution in [2.24, 2.45) is 5.73 Å². The number of hydrogen-bond acceptors (Lipinski definition) is 3. The quantitative estimate of drug-likeness (QED) is 0.874. The lowest BCUT2D eigenvalue weighted by atomic mass is 10.2. The zero-order chi connectivity index (χ0) is 13.7. The summed E-state index contributed by atoms with van der Waals surface area (Å²) in [5, 5.41) is 2.75. The van der Waals surface area contributed by atoms with Crippen molar-refractivity contribution < 1.29 is 9.59 Å². The number of nitrogens with zero attached hydrogens (tertiary/aromatic N) is 1. The van der Waals surface area contributed by atoms with E-state index in [0.29, 0.717) is 0 Å². The minimum Gasteiger partial charge on any atom is -0.335 e. The van der Waals surface area contributed by atoms with Crippen molar-refractivity contribution in [1.29, 1.82) is 0 Å². The van der Waals surface area contributed by atoms with Gasteiger partial charge in [-0.05, 0) is 30.7 Å². The maximum atomic E-state index is 11.7. The van der Waals surface area contributed by atoms with Crippen LogP contribution in [0, 0.1) is 6.92 Å². The van der Waals surface area contributed by atoms with Gasteiger partial charge in [-0.1, -0.05) is 15.9 Å². The molecule has 1 rings (SSSR count). The molecule has 18 heavy (non-hydrogen) atoms. The van der Waals surface area contributed by atoms with E-state index in [1.165, 1.54) is 4.90 Å². The second kappa shape index (κ2) is 6.51. The van der Waals surface area contributed by atoms with Gasteiger partial charge in [0.25, 0.3) is 0 Å². The van der Waals surface area contributed by atoms with Gasteiger partial charge in [0.05, 0.1) is 13.1 Å². The van der Waals surface area contributed by atoms with Crippen LogP contribution < -0.4 is 11.1 Å². The van der Waals surface area contributed by atoms with Crippen LogP contribution in [0.15, 0.2) is 22.7 Å². The monoisotopic (exact) mass is 313 g/mol. The molecule has 6 heteroatoms. The fraction of sp³-hybridized carbons (Fsp3) is 0.333. The van der Waals surface area contributed by atoms with Gasteiger partial charge in [0.15, 0.2) is 0 Å². The minimum atomic E-state index is -0.266. The first kappa shape index (κ1) is 14.7. The number of carbonyl (C=O) groups is 2. The van der Waals surface area contributed by atoms with Gasteiger partial charge < -0.3 is 16.0 Å². The molecule has 0 heterocycles. The van der Waals surface area contributed by atoms with Crippen molar-refractivity contribution in [1.82, 2.24) is 4.90 Å². The molecule has 2 amide bonds. The third-order valence-electron chi connectivity index (χ3n) is 2.44.